The lowest BCUT2D eigenvalue weighted by Gasteiger charge is -2.71. The summed E-state index contributed by atoms with van der Waals surface area (Å²) >= 11 is 0. The summed E-state index contributed by atoms with van der Waals surface area (Å²) in [4.78, 5) is 68.1. The summed E-state index contributed by atoms with van der Waals surface area (Å²) < 4.78 is 50.2. The van der Waals surface area contributed by atoms with Gasteiger partial charge in [0.15, 0.2) is 24.1 Å². The lowest BCUT2D eigenvalue weighted by atomic mass is 9.44. The second-order valence-electron chi connectivity index (χ2n) is 19.5. The second-order valence-corrected chi connectivity index (χ2v) is 19.5. The number of nitrogens with one attached hydrogen (secondary N) is 1. The SMILES string of the molecule is C=C[C@H]1O[C@H]2C[C@H]3OC[C@@]3(OC(C)=O)[C@H]3[C@H](OC(=O)c4ccccc4)[C@]4(O)C[C@H](OC(=O)[C@@H](O)C(CC(C)C)NC(=O)OC(C)(C)C)C(C)=C([C@H](OC(C)=O)[C@H](O1)[C@]23C)C4(C)C. The van der Waals surface area contributed by atoms with Gasteiger partial charge < -0.3 is 53.4 Å². The fourth-order valence-electron chi connectivity index (χ4n) is 10.7. The van der Waals surface area contributed by atoms with Crippen molar-refractivity contribution in [3.8, 4) is 0 Å². The molecule has 1 aromatic rings. The highest BCUT2D eigenvalue weighted by molar-refractivity contribution is 5.89. The van der Waals surface area contributed by atoms with Crippen LogP contribution in [0.4, 0.5) is 4.79 Å². The number of carbonyl (C=O) groups excluding carboxylic acids is 5. The van der Waals surface area contributed by atoms with Crippen molar-refractivity contribution in [1.82, 2.24) is 5.32 Å². The molecule has 62 heavy (non-hydrogen) atoms. The molecule has 6 rings (SSSR count). The molecule has 2 saturated carbocycles. The Morgan fingerprint density at radius 3 is 2.19 bits per heavy atom. The lowest BCUT2D eigenvalue weighted by Crippen LogP contribution is -2.83. The van der Waals surface area contributed by atoms with Gasteiger partial charge in [0, 0.05) is 37.5 Å². The number of fused-ring (bicyclic) bond motifs is 4. The molecule has 2 saturated heterocycles. The zero-order chi connectivity index (χ0) is 45.9. The number of rotatable bonds is 11. The molecule has 0 spiro atoms. The van der Waals surface area contributed by atoms with Gasteiger partial charge in [0.2, 0.25) is 0 Å². The minimum atomic E-state index is -2.23. The minimum absolute atomic E-state index is 0.0926. The number of esters is 4. The van der Waals surface area contributed by atoms with Crippen LogP contribution in [-0.2, 0) is 52.3 Å². The predicted molar refractivity (Wildman–Crippen MR) is 220 cm³/mol. The average Bonchev–Trinajstić information content (AvgIpc) is 3.15. The third-order valence-corrected chi connectivity index (χ3v) is 13.4. The second kappa shape index (κ2) is 17.0. The molecule has 2 bridgehead atoms. The van der Waals surface area contributed by atoms with Crippen LogP contribution < -0.4 is 5.32 Å². The Kier molecular flexibility index (Phi) is 12.9. The van der Waals surface area contributed by atoms with Crippen molar-refractivity contribution in [2.75, 3.05) is 6.61 Å². The molecule has 2 heterocycles. The number of benzene rings is 1. The maximum absolute atomic E-state index is 14.4. The number of hydrogen-bond donors (Lipinski definition) is 3. The Balaban J connectivity index is 1.57. The molecule has 16 heteroatoms. The van der Waals surface area contributed by atoms with Crippen LogP contribution in [0.1, 0.15) is 106 Å². The highest BCUT2D eigenvalue weighted by Gasteiger charge is 2.79. The Morgan fingerprint density at radius 2 is 1.65 bits per heavy atom. The molecule has 4 fully saturated rings. The fourth-order valence-corrected chi connectivity index (χ4v) is 10.7. The van der Waals surface area contributed by atoms with E-state index in [1.54, 1.807) is 71.9 Å². The number of carbonyl (C=O) groups is 5. The Bertz CT molecular complexity index is 1960. The molecular formula is C46H63NO15. The summed E-state index contributed by atoms with van der Waals surface area (Å²) in [5, 5.41) is 28.1. The topological polar surface area (TPSA) is 212 Å². The fraction of sp³-hybridized carbons (Fsp3) is 0.674. The molecule has 3 N–H and O–H groups in total. The van der Waals surface area contributed by atoms with E-state index in [1.807, 2.05) is 20.8 Å². The molecule has 0 aromatic heterocycles. The van der Waals surface area contributed by atoms with Crippen molar-refractivity contribution in [3.05, 3.63) is 59.7 Å². The van der Waals surface area contributed by atoms with E-state index in [0.717, 1.165) is 0 Å². The maximum Gasteiger partial charge on any atom is 0.407 e. The van der Waals surface area contributed by atoms with Crippen molar-refractivity contribution >= 4 is 30.0 Å². The van der Waals surface area contributed by atoms with E-state index in [4.69, 9.17) is 37.9 Å². The van der Waals surface area contributed by atoms with Crippen molar-refractivity contribution < 1.29 is 72.1 Å². The van der Waals surface area contributed by atoms with Crippen molar-refractivity contribution in [2.45, 2.75) is 167 Å². The first-order chi connectivity index (χ1) is 28.8. The van der Waals surface area contributed by atoms with Crippen LogP contribution in [0.5, 0.6) is 0 Å². The third kappa shape index (κ3) is 8.28. The number of aliphatic hydroxyl groups excluding tert-OH is 1. The summed E-state index contributed by atoms with van der Waals surface area (Å²) in [7, 11) is 0. The number of alkyl carbamates (subject to hydrolysis) is 1. The van der Waals surface area contributed by atoms with Crippen LogP contribution in [0.2, 0.25) is 0 Å². The first-order valence-electron chi connectivity index (χ1n) is 21.3. The van der Waals surface area contributed by atoms with Gasteiger partial charge in [-0.3, -0.25) is 9.59 Å². The van der Waals surface area contributed by atoms with Crippen LogP contribution in [0.25, 0.3) is 0 Å². The molecule has 1 aromatic carbocycles. The summed E-state index contributed by atoms with van der Waals surface area (Å²) in [6.45, 7) is 21.9. The van der Waals surface area contributed by atoms with E-state index in [-0.39, 0.29) is 30.9 Å². The van der Waals surface area contributed by atoms with E-state index in [9.17, 15) is 34.2 Å². The van der Waals surface area contributed by atoms with E-state index < -0.39 is 125 Å². The lowest BCUT2D eigenvalue weighted by molar-refractivity contribution is -0.405. The van der Waals surface area contributed by atoms with Crippen LogP contribution in [-0.4, -0.2) is 119 Å². The summed E-state index contributed by atoms with van der Waals surface area (Å²) in [5.74, 6) is -4.57. The molecule has 5 aliphatic rings. The van der Waals surface area contributed by atoms with Crippen molar-refractivity contribution in [3.63, 3.8) is 0 Å². The highest BCUT2D eigenvalue weighted by atomic mass is 16.7. The van der Waals surface area contributed by atoms with Gasteiger partial charge in [-0.15, -0.1) is 0 Å². The van der Waals surface area contributed by atoms with Crippen molar-refractivity contribution in [1.29, 1.82) is 0 Å². The Morgan fingerprint density at radius 1 is 0.984 bits per heavy atom. The van der Waals surface area contributed by atoms with Gasteiger partial charge in [-0.05, 0) is 69.4 Å². The summed E-state index contributed by atoms with van der Waals surface area (Å²) in [5.41, 5.74) is -6.65. The average molecular weight is 870 g/mol. The molecule has 13 atom stereocenters. The number of amides is 1. The van der Waals surface area contributed by atoms with Gasteiger partial charge in [-0.25, -0.2) is 14.4 Å². The smallest absolute Gasteiger partial charge is 0.407 e. The predicted octanol–water partition coefficient (Wildman–Crippen LogP) is 4.87. The summed E-state index contributed by atoms with van der Waals surface area (Å²) in [6, 6.07) is 7.04. The summed E-state index contributed by atoms with van der Waals surface area (Å²) in [6.07, 6.45) is -9.36. The van der Waals surface area contributed by atoms with Crippen LogP contribution in [0.15, 0.2) is 54.1 Å². The van der Waals surface area contributed by atoms with Gasteiger partial charge in [0.05, 0.1) is 30.2 Å². The quantitative estimate of drug-likeness (QED) is 0.154. The molecule has 1 amide bonds. The van der Waals surface area contributed by atoms with Gasteiger partial charge in [0.25, 0.3) is 0 Å². The van der Waals surface area contributed by atoms with E-state index in [0.29, 0.717) is 11.1 Å². The first-order valence-corrected chi connectivity index (χ1v) is 21.3. The van der Waals surface area contributed by atoms with Gasteiger partial charge in [-0.2, -0.15) is 0 Å². The monoisotopic (exact) mass is 869 g/mol. The molecule has 2 aliphatic heterocycles. The van der Waals surface area contributed by atoms with Gasteiger partial charge in [0.1, 0.15) is 35.6 Å². The molecule has 1 unspecified atom stereocenters. The number of hydrogen-bond acceptors (Lipinski definition) is 15. The minimum Gasteiger partial charge on any atom is -0.456 e. The van der Waals surface area contributed by atoms with Gasteiger partial charge in [-0.1, -0.05) is 59.4 Å². The number of aliphatic hydroxyl groups is 2. The molecule has 0 radical (unpaired) electrons. The van der Waals surface area contributed by atoms with Crippen LogP contribution in [0.3, 0.4) is 0 Å². The Labute approximate surface area is 362 Å². The van der Waals surface area contributed by atoms with E-state index >= 15 is 0 Å². The molecule has 342 valence electrons. The molecule has 16 nitrogen and oxygen atoms in total. The number of ether oxygens (including phenoxy) is 8. The molecule has 3 aliphatic carbocycles. The van der Waals surface area contributed by atoms with Crippen LogP contribution in [0, 0.1) is 22.7 Å². The first kappa shape index (κ1) is 47.1. The maximum atomic E-state index is 14.4. The van der Waals surface area contributed by atoms with E-state index in [2.05, 4.69) is 11.9 Å². The standard InChI is InChI=1S/C46H63NO15/c1-13-32-58-30-20-31-45(22-55-31,61-26(6)49)36-38(60-39(51)27-17-15-14-16-18-27)46(54)21-29(57-40(52)34(50)28(19-23(2)3)47-41(53)62-42(7,8)9)24(4)33(43(46,10)11)35(56-25(5)48)37(59-32)44(30,36)12/h13-18,23,28-32,34-38,50,54H,1,19-22H2,2-12H3,(H,47,53)/t28?,29-,30-,31+,32-,34-,35-,36-,37-,38-,44+,45-,46+/m0/s1. The third-order valence-electron chi connectivity index (χ3n) is 13.4. The van der Waals surface area contributed by atoms with Crippen LogP contribution >= 0.6 is 0 Å². The zero-order valence-electron chi connectivity index (χ0n) is 37.6. The normalized spacial score (nSPS) is 35.5. The van der Waals surface area contributed by atoms with Gasteiger partial charge >= 0.3 is 30.0 Å². The zero-order valence-corrected chi connectivity index (χ0v) is 37.6. The van der Waals surface area contributed by atoms with E-state index in [1.165, 1.54) is 19.9 Å². The Hall–Kier alpha value is -4.35. The molecular weight excluding hydrogens is 806 g/mol. The highest BCUT2D eigenvalue weighted by Crippen LogP contribution is 2.67. The largest absolute Gasteiger partial charge is 0.456 e. The van der Waals surface area contributed by atoms with Crippen molar-refractivity contribution in [2.24, 2.45) is 22.7 Å².